The van der Waals surface area contributed by atoms with Crippen molar-refractivity contribution < 1.29 is 14.2 Å². The van der Waals surface area contributed by atoms with E-state index in [0.29, 0.717) is 35.4 Å². The zero-order valence-electron chi connectivity index (χ0n) is 15.3. The van der Waals surface area contributed by atoms with Crippen LogP contribution in [0.4, 0.5) is 5.69 Å². The fraction of sp³-hybridized carbons (Fsp3) is 0.250. The van der Waals surface area contributed by atoms with Crippen LogP contribution in [0.2, 0.25) is 5.02 Å². The summed E-state index contributed by atoms with van der Waals surface area (Å²) in [6.45, 7) is 1.07. The van der Waals surface area contributed by atoms with Gasteiger partial charge in [-0.15, -0.1) is 0 Å². The van der Waals surface area contributed by atoms with Crippen molar-refractivity contribution in [2.75, 3.05) is 13.1 Å². The highest BCUT2D eigenvalue weighted by Gasteiger charge is 2.29. The Morgan fingerprint density at radius 1 is 1.17 bits per heavy atom. The van der Waals surface area contributed by atoms with Crippen molar-refractivity contribution in [2.45, 2.75) is 18.8 Å². The van der Waals surface area contributed by atoms with Gasteiger partial charge in [-0.2, -0.15) is 4.98 Å². The lowest BCUT2D eigenvalue weighted by Gasteiger charge is -2.31. The number of aromatic nitrogens is 2. The van der Waals surface area contributed by atoms with Gasteiger partial charge in [0.05, 0.1) is 10.8 Å². The van der Waals surface area contributed by atoms with Crippen LogP contribution in [0.3, 0.4) is 0 Å². The van der Waals surface area contributed by atoms with Crippen LogP contribution in [0.25, 0.3) is 11.4 Å². The van der Waals surface area contributed by atoms with E-state index in [0.717, 1.165) is 18.4 Å². The van der Waals surface area contributed by atoms with Crippen molar-refractivity contribution in [3.63, 3.8) is 0 Å². The van der Waals surface area contributed by atoms with Crippen LogP contribution in [-0.4, -0.2) is 39.0 Å². The van der Waals surface area contributed by atoms with Crippen LogP contribution in [0.15, 0.2) is 53.1 Å². The Morgan fingerprint density at radius 3 is 2.59 bits per heavy atom. The molecule has 4 rings (SSSR count). The Bertz CT molecular complexity index is 1030. The molecule has 0 spiro atoms. The summed E-state index contributed by atoms with van der Waals surface area (Å²) in [7, 11) is 0. The number of piperidine rings is 1. The van der Waals surface area contributed by atoms with Crippen LogP contribution >= 0.6 is 11.6 Å². The lowest BCUT2D eigenvalue weighted by atomic mass is 9.97. The zero-order chi connectivity index (χ0) is 20.4. The highest BCUT2D eigenvalue weighted by molar-refractivity contribution is 6.30. The molecule has 1 atom stereocenters. The second-order valence-electron chi connectivity index (χ2n) is 6.86. The summed E-state index contributed by atoms with van der Waals surface area (Å²) in [6, 6.07) is 12.8. The van der Waals surface area contributed by atoms with E-state index in [-0.39, 0.29) is 17.5 Å². The Kier molecular flexibility index (Phi) is 5.26. The quantitative estimate of drug-likeness (QED) is 0.467. The summed E-state index contributed by atoms with van der Waals surface area (Å²) in [6.07, 6.45) is 1.65. The smallest absolute Gasteiger partial charge is 0.269 e. The van der Waals surface area contributed by atoms with Crippen LogP contribution in [0, 0.1) is 10.1 Å². The molecule has 0 unspecified atom stereocenters. The molecule has 1 aliphatic rings. The van der Waals surface area contributed by atoms with Crippen LogP contribution in [-0.2, 0) is 0 Å². The van der Waals surface area contributed by atoms with Gasteiger partial charge in [0.1, 0.15) is 0 Å². The number of likely N-dealkylation sites (tertiary alicyclic amines) is 1. The summed E-state index contributed by atoms with van der Waals surface area (Å²) in [5.41, 5.74) is 1.18. The summed E-state index contributed by atoms with van der Waals surface area (Å²) >= 11 is 5.91. The second kappa shape index (κ2) is 8.00. The SMILES string of the molecule is O=C(c1ccc([N+](=O)[O-])cc1)N1CCC[C@@H](c2nc(-c3ccc(Cl)cc3)no2)C1. The van der Waals surface area contributed by atoms with Crippen LogP contribution < -0.4 is 0 Å². The number of hydrogen-bond donors (Lipinski definition) is 0. The molecule has 2 aromatic carbocycles. The highest BCUT2D eigenvalue weighted by Crippen LogP contribution is 2.29. The number of rotatable bonds is 4. The monoisotopic (exact) mass is 412 g/mol. The summed E-state index contributed by atoms with van der Waals surface area (Å²) in [5, 5.41) is 15.5. The fourth-order valence-corrected chi connectivity index (χ4v) is 3.51. The van der Waals surface area contributed by atoms with Gasteiger partial charge in [-0.25, -0.2) is 0 Å². The van der Waals surface area contributed by atoms with Crippen molar-refractivity contribution in [2.24, 2.45) is 0 Å². The van der Waals surface area contributed by atoms with Crippen LogP contribution in [0.1, 0.15) is 35.0 Å². The number of carbonyl (C=O) groups excluding carboxylic acids is 1. The number of nitro groups is 1. The van der Waals surface area contributed by atoms with Crippen molar-refractivity contribution in [1.82, 2.24) is 15.0 Å². The fourth-order valence-electron chi connectivity index (χ4n) is 3.39. The Hall–Kier alpha value is -3.26. The molecular formula is C20H17ClN4O4. The summed E-state index contributed by atoms with van der Waals surface area (Å²) in [5.74, 6) is 0.757. The Balaban J connectivity index is 1.47. The van der Waals surface area contributed by atoms with Gasteiger partial charge in [-0.05, 0) is 49.2 Å². The molecule has 2 heterocycles. The maximum absolute atomic E-state index is 12.8. The van der Waals surface area contributed by atoms with Gasteiger partial charge in [0, 0.05) is 41.4 Å². The van der Waals surface area contributed by atoms with E-state index in [1.165, 1.54) is 24.3 Å². The number of nitro benzene ring substituents is 1. The van der Waals surface area contributed by atoms with Gasteiger partial charge in [0.15, 0.2) is 0 Å². The normalized spacial score (nSPS) is 16.6. The minimum absolute atomic E-state index is 0.0429. The van der Waals surface area contributed by atoms with Gasteiger partial charge in [-0.3, -0.25) is 14.9 Å². The molecule has 3 aromatic rings. The molecule has 0 N–H and O–H groups in total. The number of halogens is 1. The Morgan fingerprint density at radius 2 is 1.90 bits per heavy atom. The van der Waals surface area contributed by atoms with Crippen molar-refractivity contribution in [3.8, 4) is 11.4 Å². The number of non-ortho nitro benzene ring substituents is 1. The van der Waals surface area contributed by atoms with E-state index in [4.69, 9.17) is 16.1 Å². The third-order valence-corrected chi connectivity index (χ3v) is 5.18. The number of carbonyl (C=O) groups is 1. The molecule has 1 saturated heterocycles. The van der Waals surface area contributed by atoms with Gasteiger partial charge in [-0.1, -0.05) is 16.8 Å². The van der Waals surface area contributed by atoms with Gasteiger partial charge >= 0.3 is 0 Å². The third kappa shape index (κ3) is 4.12. The van der Waals surface area contributed by atoms with Crippen molar-refractivity contribution in [1.29, 1.82) is 0 Å². The first-order valence-electron chi connectivity index (χ1n) is 9.14. The lowest BCUT2D eigenvalue weighted by Crippen LogP contribution is -2.39. The first-order chi connectivity index (χ1) is 14.0. The molecule has 8 nitrogen and oxygen atoms in total. The van der Waals surface area contributed by atoms with Gasteiger partial charge in [0.2, 0.25) is 11.7 Å². The molecular weight excluding hydrogens is 396 g/mol. The number of hydrogen-bond acceptors (Lipinski definition) is 6. The molecule has 1 amide bonds. The van der Waals surface area contributed by atoms with E-state index >= 15 is 0 Å². The van der Waals surface area contributed by atoms with E-state index in [2.05, 4.69) is 10.1 Å². The first-order valence-corrected chi connectivity index (χ1v) is 9.52. The summed E-state index contributed by atoms with van der Waals surface area (Å²) < 4.78 is 5.46. The minimum atomic E-state index is -0.487. The zero-order valence-corrected chi connectivity index (χ0v) is 16.1. The lowest BCUT2D eigenvalue weighted by molar-refractivity contribution is -0.384. The first kappa shape index (κ1) is 19.1. The predicted octanol–water partition coefficient (Wildman–Crippen LogP) is 4.32. The average Bonchev–Trinajstić information content (AvgIpc) is 3.24. The minimum Gasteiger partial charge on any atom is -0.339 e. The maximum Gasteiger partial charge on any atom is 0.269 e. The van der Waals surface area contributed by atoms with E-state index < -0.39 is 4.92 Å². The molecule has 1 fully saturated rings. The highest BCUT2D eigenvalue weighted by atomic mass is 35.5. The molecule has 0 aliphatic carbocycles. The molecule has 1 aliphatic heterocycles. The number of benzene rings is 2. The van der Waals surface area contributed by atoms with Gasteiger partial charge < -0.3 is 9.42 Å². The van der Waals surface area contributed by atoms with E-state index in [1.54, 1.807) is 17.0 Å². The van der Waals surface area contributed by atoms with Crippen molar-refractivity contribution >= 4 is 23.2 Å². The molecule has 1 aromatic heterocycles. The van der Waals surface area contributed by atoms with Gasteiger partial charge in [0.25, 0.3) is 11.6 Å². The number of amides is 1. The third-order valence-electron chi connectivity index (χ3n) is 4.93. The molecule has 0 radical (unpaired) electrons. The molecule has 0 bridgehead atoms. The standard InChI is InChI=1S/C20H17ClN4O4/c21-16-7-3-13(4-8-16)18-22-19(29-23-18)15-2-1-11-24(12-15)20(26)14-5-9-17(10-6-14)25(27)28/h3-10,15H,1-2,11-12H2/t15-/m1/s1. The maximum atomic E-state index is 12.8. The van der Waals surface area contributed by atoms with E-state index in [9.17, 15) is 14.9 Å². The van der Waals surface area contributed by atoms with Crippen molar-refractivity contribution in [3.05, 3.63) is 75.1 Å². The second-order valence-corrected chi connectivity index (χ2v) is 7.29. The Labute approximate surface area is 171 Å². The number of nitrogens with zero attached hydrogens (tertiary/aromatic N) is 4. The average molecular weight is 413 g/mol. The summed E-state index contributed by atoms with van der Waals surface area (Å²) in [4.78, 5) is 29.3. The molecule has 0 saturated carbocycles. The topological polar surface area (TPSA) is 102 Å². The predicted molar refractivity (Wildman–Crippen MR) is 106 cm³/mol. The largest absolute Gasteiger partial charge is 0.339 e. The molecule has 148 valence electrons. The van der Waals surface area contributed by atoms with Crippen LogP contribution in [0.5, 0.6) is 0 Å². The van der Waals surface area contributed by atoms with E-state index in [1.807, 2.05) is 12.1 Å². The molecule has 29 heavy (non-hydrogen) atoms. The molecule has 9 heteroatoms.